The quantitative estimate of drug-likeness (QED) is 0.745. The smallest absolute Gasteiger partial charge is 0.240 e. The van der Waals surface area contributed by atoms with Crippen molar-refractivity contribution in [1.82, 2.24) is 9.62 Å². The molecule has 0 aliphatic carbocycles. The van der Waals surface area contributed by atoms with Gasteiger partial charge in [-0.3, -0.25) is 4.90 Å². The van der Waals surface area contributed by atoms with E-state index in [0.29, 0.717) is 43.8 Å². The normalized spacial score (nSPS) is 19.3. The first-order valence-electron chi connectivity index (χ1n) is 9.84. The standard InChI is InChI=1S/C21H26N2O5S/c1-26-17-6-4-16(5-7-17)19-3-2-11-23(19)12-10-22-29(24,25)18-8-9-20-21(15-18)28-14-13-27-20/h4-9,15,19,22H,2-3,10-14H2,1H3. The summed E-state index contributed by atoms with van der Waals surface area (Å²) in [5, 5.41) is 0. The molecule has 29 heavy (non-hydrogen) atoms. The van der Waals surface area contributed by atoms with Crippen LogP contribution in [0.25, 0.3) is 0 Å². The lowest BCUT2D eigenvalue weighted by molar-refractivity contribution is 0.171. The third kappa shape index (κ3) is 4.49. The molecular formula is C21H26N2O5S. The number of nitrogens with zero attached hydrogens (tertiary/aromatic N) is 1. The highest BCUT2D eigenvalue weighted by Gasteiger charge is 2.26. The fourth-order valence-corrected chi connectivity index (χ4v) is 4.93. The van der Waals surface area contributed by atoms with E-state index in [1.165, 1.54) is 11.6 Å². The molecule has 1 N–H and O–H groups in total. The molecule has 2 aliphatic heterocycles. The third-order valence-corrected chi connectivity index (χ3v) is 6.84. The molecule has 4 rings (SSSR count). The predicted molar refractivity (Wildman–Crippen MR) is 109 cm³/mol. The van der Waals surface area contributed by atoms with Gasteiger partial charge in [0.05, 0.1) is 12.0 Å². The van der Waals surface area contributed by atoms with Crippen molar-refractivity contribution in [2.45, 2.75) is 23.8 Å². The number of ether oxygens (including phenoxy) is 3. The van der Waals surface area contributed by atoms with E-state index in [4.69, 9.17) is 14.2 Å². The molecule has 7 nitrogen and oxygen atoms in total. The summed E-state index contributed by atoms with van der Waals surface area (Å²) in [6, 6.07) is 13.1. The summed E-state index contributed by atoms with van der Waals surface area (Å²) >= 11 is 0. The topological polar surface area (TPSA) is 77.1 Å². The van der Waals surface area contributed by atoms with E-state index in [0.717, 1.165) is 25.1 Å². The molecule has 8 heteroatoms. The van der Waals surface area contributed by atoms with Gasteiger partial charge < -0.3 is 14.2 Å². The molecule has 0 radical (unpaired) electrons. The van der Waals surface area contributed by atoms with Crippen LogP contribution in [0.4, 0.5) is 0 Å². The van der Waals surface area contributed by atoms with Crippen LogP contribution < -0.4 is 18.9 Å². The van der Waals surface area contributed by atoms with Crippen LogP contribution in [0.1, 0.15) is 24.4 Å². The molecular weight excluding hydrogens is 392 g/mol. The summed E-state index contributed by atoms with van der Waals surface area (Å²) in [5.41, 5.74) is 1.23. The zero-order valence-electron chi connectivity index (χ0n) is 16.5. The summed E-state index contributed by atoms with van der Waals surface area (Å²) in [6.07, 6.45) is 2.17. The van der Waals surface area contributed by atoms with Gasteiger partial charge in [-0.25, -0.2) is 13.1 Å². The number of hydrogen-bond acceptors (Lipinski definition) is 6. The minimum absolute atomic E-state index is 0.190. The molecule has 2 heterocycles. The highest BCUT2D eigenvalue weighted by molar-refractivity contribution is 7.89. The Balaban J connectivity index is 1.37. The van der Waals surface area contributed by atoms with Gasteiger partial charge in [0.25, 0.3) is 0 Å². The summed E-state index contributed by atoms with van der Waals surface area (Å²) < 4.78 is 44.2. The Kier molecular flexibility index (Phi) is 5.94. The number of benzene rings is 2. The first-order chi connectivity index (χ1) is 14.1. The van der Waals surface area contributed by atoms with Crippen LogP contribution in [0.2, 0.25) is 0 Å². The summed E-state index contributed by atoms with van der Waals surface area (Å²) in [4.78, 5) is 2.52. The Hall–Kier alpha value is -2.29. The van der Waals surface area contributed by atoms with Gasteiger partial charge >= 0.3 is 0 Å². The fourth-order valence-electron chi connectivity index (χ4n) is 3.90. The van der Waals surface area contributed by atoms with Crippen molar-refractivity contribution in [3.8, 4) is 17.2 Å². The highest BCUT2D eigenvalue weighted by Crippen LogP contribution is 2.33. The van der Waals surface area contributed by atoms with Crippen LogP contribution in [0.5, 0.6) is 17.2 Å². The summed E-state index contributed by atoms with van der Waals surface area (Å²) in [5.74, 6) is 1.89. The van der Waals surface area contributed by atoms with Crippen molar-refractivity contribution in [3.63, 3.8) is 0 Å². The Morgan fingerprint density at radius 3 is 2.62 bits per heavy atom. The van der Waals surface area contributed by atoms with Crippen molar-refractivity contribution in [3.05, 3.63) is 48.0 Å². The van der Waals surface area contributed by atoms with Crippen molar-refractivity contribution in [2.24, 2.45) is 0 Å². The van der Waals surface area contributed by atoms with E-state index in [-0.39, 0.29) is 4.90 Å². The van der Waals surface area contributed by atoms with Gasteiger partial charge in [-0.1, -0.05) is 12.1 Å². The number of fused-ring (bicyclic) bond motifs is 1. The van der Waals surface area contributed by atoms with Gasteiger partial charge in [-0.05, 0) is 49.2 Å². The second kappa shape index (κ2) is 8.61. The molecule has 0 spiro atoms. The second-order valence-electron chi connectivity index (χ2n) is 7.17. The Bertz CT molecular complexity index is 946. The van der Waals surface area contributed by atoms with Gasteiger partial charge in [0.1, 0.15) is 19.0 Å². The van der Waals surface area contributed by atoms with Crippen LogP contribution >= 0.6 is 0 Å². The van der Waals surface area contributed by atoms with Crippen LogP contribution in [-0.4, -0.2) is 53.3 Å². The minimum atomic E-state index is -3.61. The molecule has 0 saturated carbocycles. The lowest BCUT2D eigenvalue weighted by Gasteiger charge is -2.25. The molecule has 1 fully saturated rings. The molecule has 0 amide bonds. The number of methoxy groups -OCH3 is 1. The van der Waals surface area contributed by atoms with E-state index < -0.39 is 10.0 Å². The first-order valence-corrected chi connectivity index (χ1v) is 11.3. The van der Waals surface area contributed by atoms with Gasteiger partial charge in [-0.15, -0.1) is 0 Å². The molecule has 2 aromatic carbocycles. The van der Waals surface area contributed by atoms with Gasteiger partial charge in [-0.2, -0.15) is 0 Å². The first kappa shape index (κ1) is 20.0. The fraction of sp³-hybridized carbons (Fsp3) is 0.429. The van der Waals surface area contributed by atoms with Gasteiger partial charge in [0.15, 0.2) is 11.5 Å². The van der Waals surface area contributed by atoms with E-state index >= 15 is 0 Å². The van der Waals surface area contributed by atoms with E-state index in [2.05, 4.69) is 21.8 Å². The Morgan fingerprint density at radius 1 is 1.10 bits per heavy atom. The van der Waals surface area contributed by atoms with E-state index in [1.807, 2.05) is 12.1 Å². The average molecular weight is 419 g/mol. The zero-order valence-corrected chi connectivity index (χ0v) is 17.3. The van der Waals surface area contributed by atoms with Crippen molar-refractivity contribution in [1.29, 1.82) is 0 Å². The lowest BCUT2D eigenvalue weighted by Crippen LogP contribution is -2.34. The largest absolute Gasteiger partial charge is 0.497 e. The molecule has 0 aromatic heterocycles. The van der Waals surface area contributed by atoms with Crippen molar-refractivity contribution >= 4 is 10.0 Å². The molecule has 156 valence electrons. The SMILES string of the molecule is COc1ccc(C2CCCN2CCNS(=O)(=O)c2ccc3c(c2)OCCO3)cc1. The number of rotatable bonds is 7. The average Bonchev–Trinajstić information content (AvgIpc) is 3.22. The molecule has 2 aliphatic rings. The van der Waals surface area contributed by atoms with Gasteiger partial charge in [0.2, 0.25) is 10.0 Å². The van der Waals surface area contributed by atoms with E-state index in [9.17, 15) is 8.42 Å². The molecule has 2 aromatic rings. The van der Waals surface area contributed by atoms with Crippen LogP contribution in [0.3, 0.4) is 0 Å². The van der Waals surface area contributed by atoms with Crippen molar-refractivity contribution < 1.29 is 22.6 Å². The highest BCUT2D eigenvalue weighted by atomic mass is 32.2. The number of hydrogen-bond donors (Lipinski definition) is 1. The maximum Gasteiger partial charge on any atom is 0.240 e. The minimum Gasteiger partial charge on any atom is -0.497 e. The number of likely N-dealkylation sites (tertiary alicyclic amines) is 1. The Labute approximate surface area is 171 Å². The molecule has 0 bridgehead atoms. The molecule has 1 saturated heterocycles. The van der Waals surface area contributed by atoms with Crippen LogP contribution in [0, 0.1) is 0 Å². The maximum absolute atomic E-state index is 12.7. The van der Waals surface area contributed by atoms with Crippen LogP contribution in [0.15, 0.2) is 47.4 Å². The molecule has 1 atom stereocenters. The summed E-state index contributed by atoms with van der Waals surface area (Å²) in [6.45, 7) is 2.86. The van der Waals surface area contributed by atoms with Gasteiger partial charge in [0, 0.05) is 25.2 Å². The second-order valence-corrected chi connectivity index (χ2v) is 8.94. The molecule has 1 unspecified atom stereocenters. The summed E-state index contributed by atoms with van der Waals surface area (Å²) in [7, 11) is -1.95. The maximum atomic E-state index is 12.7. The zero-order chi connectivity index (χ0) is 20.3. The monoisotopic (exact) mass is 418 g/mol. The van der Waals surface area contributed by atoms with Crippen LogP contribution in [-0.2, 0) is 10.0 Å². The predicted octanol–water partition coefficient (Wildman–Crippen LogP) is 2.58. The number of nitrogens with one attached hydrogen (secondary N) is 1. The Morgan fingerprint density at radius 2 is 1.86 bits per heavy atom. The lowest BCUT2D eigenvalue weighted by atomic mass is 10.0. The van der Waals surface area contributed by atoms with E-state index in [1.54, 1.807) is 19.2 Å². The number of sulfonamides is 1. The van der Waals surface area contributed by atoms with Crippen molar-refractivity contribution in [2.75, 3.05) is 40.0 Å². The third-order valence-electron chi connectivity index (χ3n) is 5.38.